The van der Waals surface area contributed by atoms with E-state index in [2.05, 4.69) is 15.3 Å². The van der Waals surface area contributed by atoms with Crippen LogP contribution in [-0.2, 0) is 10.0 Å². The summed E-state index contributed by atoms with van der Waals surface area (Å²) in [5.74, 6) is 1.09. The van der Waals surface area contributed by atoms with Crippen molar-refractivity contribution in [2.45, 2.75) is 24.8 Å². The lowest BCUT2D eigenvalue weighted by Crippen LogP contribution is -2.35. The molecule has 0 bridgehead atoms. The third-order valence-electron chi connectivity index (χ3n) is 3.50. The van der Waals surface area contributed by atoms with Crippen LogP contribution in [0.15, 0.2) is 12.4 Å². The zero-order valence-electron chi connectivity index (χ0n) is 11.8. The summed E-state index contributed by atoms with van der Waals surface area (Å²) in [5, 5.41) is 3.02. The minimum Gasteiger partial charge on any atom is -0.369 e. The highest BCUT2D eigenvalue weighted by Gasteiger charge is 2.28. The first-order valence-electron chi connectivity index (χ1n) is 6.60. The van der Waals surface area contributed by atoms with Gasteiger partial charge in [-0.05, 0) is 12.8 Å². The Bertz CT molecular complexity index is 555. The highest BCUT2D eigenvalue weighted by atomic mass is 32.2. The Labute approximate surface area is 119 Å². The third kappa shape index (κ3) is 3.65. The molecule has 112 valence electrons. The van der Waals surface area contributed by atoms with Gasteiger partial charge in [-0.3, -0.25) is 0 Å². The summed E-state index contributed by atoms with van der Waals surface area (Å²) >= 11 is 0. The van der Waals surface area contributed by atoms with E-state index in [1.54, 1.807) is 0 Å². The predicted octanol–water partition coefficient (Wildman–Crippen LogP) is -0.0154. The Morgan fingerprint density at radius 3 is 2.70 bits per heavy atom. The maximum atomic E-state index is 11.6. The number of sulfonamides is 1. The predicted molar refractivity (Wildman–Crippen MR) is 77.9 cm³/mol. The molecular weight excluding hydrogens is 278 g/mol. The van der Waals surface area contributed by atoms with Crippen LogP contribution in [-0.4, -0.2) is 55.1 Å². The molecule has 8 heteroatoms. The van der Waals surface area contributed by atoms with Crippen molar-refractivity contribution in [1.82, 2.24) is 14.3 Å². The molecule has 0 unspecified atom stereocenters. The summed E-state index contributed by atoms with van der Waals surface area (Å²) in [4.78, 5) is 8.35. The van der Waals surface area contributed by atoms with Crippen molar-refractivity contribution < 1.29 is 8.42 Å². The van der Waals surface area contributed by atoms with Gasteiger partial charge < -0.3 is 11.1 Å². The van der Waals surface area contributed by atoms with Gasteiger partial charge in [-0.2, -0.15) is 0 Å². The molecule has 1 aromatic heterocycles. The van der Waals surface area contributed by atoms with Crippen LogP contribution in [0.1, 0.15) is 24.5 Å². The monoisotopic (exact) mass is 299 g/mol. The Balaban J connectivity index is 1.89. The average molecular weight is 299 g/mol. The van der Waals surface area contributed by atoms with Crippen molar-refractivity contribution in [2.24, 2.45) is 5.73 Å². The zero-order valence-corrected chi connectivity index (χ0v) is 12.6. The quantitative estimate of drug-likeness (QED) is 0.766. The molecule has 20 heavy (non-hydrogen) atoms. The van der Waals surface area contributed by atoms with E-state index in [4.69, 9.17) is 5.73 Å². The first-order valence-corrected chi connectivity index (χ1v) is 8.21. The lowest BCUT2D eigenvalue weighted by molar-refractivity contribution is 0.345. The lowest BCUT2D eigenvalue weighted by Gasteiger charge is -2.31. The van der Waals surface area contributed by atoms with Gasteiger partial charge >= 0.3 is 0 Å². The maximum absolute atomic E-state index is 11.6. The van der Waals surface area contributed by atoms with Crippen molar-refractivity contribution in [3.63, 3.8) is 0 Å². The highest BCUT2D eigenvalue weighted by molar-refractivity contribution is 7.89. The van der Waals surface area contributed by atoms with Crippen LogP contribution in [0.4, 0.5) is 5.82 Å². The molecule has 1 aliphatic rings. The molecule has 1 fully saturated rings. The normalized spacial score (nSPS) is 22.6. The van der Waals surface area contributed by atoms with Gasteiger partial charge in [0.15, 0.2) is 0 Å². The molecule has 0 saturated heterocycles. The second-order valence-corrected chi connectivity index (χ2v) is 7.58. The minimum absolute atomic E-state index is 0.0354. The number of rotatable bonds is 6. The summed E-state index contributed by atoms with van der Waals surface area (Å²) in [6.45, 7) is 0.321. The van der Waals surface area contributed by atoms with Gasteiger partial charge in [0, 0.05) is 44.4 Å². The van der Waals surface area contributed by atoms with Crippen LogP contribution in [0.3, 0.4) is 0 Å². The van der Waals surface area contributed by atoms with Crippen LogP contribution < -0.4 is 11.1 Å². The topological polar surface area (TPSA) is 101 Å². The fourth-order valence-corrected chi connectivity index (χ4v) is 2.81. The largest absolute Gasteiger partial charge is 0.369 e. The van der Waals surface area contributed by atoms with E-state index in [1.807, 2.05) is 6.07 Å². The van der Waals surface area contributed by atoms with Gasteiger partial charge in [0.1, 0.15) is 12.1 Å². The summed E-state index contributed by atoms with van der Waals surface area (Å²) < 4.78 is 24.5. The lowest BCUT2D eigenvalue weighted by atomic mass is 9.79. The number of nitrogens with two attached hydrogens (primary N) is 1. The van der Waals surface area contributed by atoms with Gasteiger partial charge in [0.2, 0.25) is 10.0 Å². The second kappa shape index (κ2) is 6.02. The molecule has 1 aromatic rings. The van der Waals surface area contributed by atoms with E-state index in [0.29, 0.717) is 18.3 Å². The number of hydrogen-bond donors (Lipinski definition) is 2. The summed E-state index contributed by atoms with van der Waals surface area (Å²) in [6, 6.07) is 2.15. The van der Waals surface area contributed by atoms with Gasteiger partial charge in [0.05, 0.1) is 5.75 Å². The molecule has 0 radical (unpaired) electrons. The SMILES string of the molecule is CN(C)S(=O)(=O)CCNc1cc(C2CC(N)C2)ncn1. The molecule has 1 heterocycles. The van der Waals surface area contributed by atoms with Gasteiger partial charge in [-0.15, -0.1) is 0 Å². The molecule has 0 amide bonds. The zero-order chi connectivity index (χ0) is 14.8. The summed E-state index contributed by atoms with van der Waals surface area (Å²) in [6.07, 6.45) is 3.40. The Kier molecular flexibility index (Phi) is 4.56. The highest BCUT2D eigenvalue weighted by Crippen LogP contribution is 2.34. The minimum atomic E-state index is -3.18. The summed E-state index contributed by atoms with van der Waals surface area (Å²) in [5.41, 5.74) is 6.74. The van der Waals surface area contributed by atoms with E-state index in [1.165, 1.54) is 24.7 Å². The van der Waals surface area contributed by atoms with Gasteiger partial charge in [-0.1, -0.05) is 0 Å². The molecule has 0 aliphatic heterocycles. The Morgan fingerprint density at radius 2 is 2.10 bits per heavy atom. The van der Waals surface area contributed by atoms with Crippen molar-refractivity contribution in [3.05, 3.63) is 18.1 Å². The van der Waals surface area contributed by atoms with Crippen LogP contribution in [0.5, 0.6) is 0 Å². The van der Waals surface area contributed by atoms with E-state index in [0.717, 1.165) is 18.5 Å². The summed E-state index contributed by atoms with van der Waals surface area (Å²) in [7, 11) is -0.133. The van der Waals surface area contributed by atoms with Crippen LogP contribution in [0, 0.1) is 0 Å². The molecule has 2 rings (SSSR count). The molecule has 0 aromatic carbocycles. The maximum Gasteiger partial charge on any atom is 0.215 e. The number of nitrogens with zero attached hydrogens (tertiary/aromatic N) is 3. The van der Waals surface area contributed by atoms with Crippen LogP contribution >= 0.6 is 0 Å². The van der Waals surface area contributed by atoms with Gasteiger partial charge in [0.25, 0.3) is 0 Å². The van der Waals surface area contributed by atoms with Crippen molar-refractivity contribution in [2.75, 3.05) is 31.7 Å². The van der Waals surface area contributed by atoms with E-state index in [9.17, 15) is 8.42 Å². The third-order valence-corrected chi connectivity index (χ3v) is 5.34. The smallest absolute Gasteiger partial charge is 0.215 e. The van der Waals surface area contributed by atoms with Crippen molar-refractivity contribution in [3.8, 4) is 0 Å². The molecule has 7 nitrogen and oxygen atoms in total. The van der Waals surface area contributed by atoms with Crippen molar-refractivity contribution >= 4 is 15.8 Å². The van der Waals surface area contributed by atoms with Crippen molar-refractivity contribution in [1.29, 1.82) is 0 Å². The Morgan fingerprint density at radius 1 is 1.40 bits per heavy atom. The fourth-order valence-electron chi connectivity index (χ4n) is 2.09. The molecule has 1 saturated carbocycles. The van der Waals surface area contributed by atoms with E-state index >= 15 is 0 Å². The van der Waals surface area contributed by atoms with E-state index in [-0.39, 0.29) is 11.8 Å². The first-order chi connectivity index (χ1) is 9.38. The number of aromatic nitrogens is 2. The Hall–Kier alpha value is -1.25. The molecule has 3 N–H and O–H groups in total. The number of nitrogens with one attached hydrogen (secondary N) is 1. The van der Waals surface area contributed by atoms with Crippen LogP contribution in [0.25, 0.3) is 0 Å². The van der Waals surface area contributed by atoms with E-state index < -0.39 is 10.0 Å². The fraction of sp³-hybridized carbons (Fsp3) is 0.667. The number of hydrogen-bond acceptors (Lipinski definition) is 6. The molecule has 0 spiro atoms. The van der Waals surface area contributed by atoms with Crippen LogP contribution in [0.2, 0.25) is 0 Å². The average Bonchev–Trinajstić information content (AvgIpc) is 2.35. The molecular formula is C12H21N5O2S. The molecule has 1 aliphatic carbocycles. The first kappa shape index (κ1) is 15.1. The van der Waals surface area contributed by atoms with Gasteiger partial charge in [-0.25, -0.2) is 22.7 Å². The standard InChI is InChI=1S/C12H21N5O2S/c1-17(2)20(18,19)4-3-14-12-7-11(15-8-16-12)9-5-10(13)6-9/h7-10H,3-6,13H2,1-2H3,(H,14,15,16). The molecule has 0 atom stereocenters. The second-order valence-electron chi connectivity index (χ2n) is 5.28. The number of anilines is 1.